The fourth-order valence-corrected chi connectivity index (χ4v) is 5.45. The van der Waals surface area contributed by atoms with Crippen LogP contribution in [-0.2, 0) is 19.4 Å². The number of hydrogen-bond donors (Lipinski definition) is 1. The van der Waals surface area contributed by atoms with Crippen LogP contribution >= 0.6 is 11.3 Å². The van der Waals surface area contributed by atoms with E-state index in [0.717, 1.165) is 42.6 Å². The molecule has 0 bridgehead atoms. The van der Waals surface area contributed by atoms with E-state index in [0.29, 0.717) is 31.0 Å². The molecule has 8 heteroatoms. The number of furan rings is 1. The number of nitrogens with one attached hydrogen (secondary N) is 1. The van der Waals surface area contributed by atoms with Crippen molar-refractivity contribution in [3.63, 3.8) is 0 Å². The molecule has 5 rings (SSSR count). The second kappa shape index (κ2) is 7.18. The van der Waals surface area contributed by atoms with E-state index in [9.17, 15) is 9.59 Å². The number of carbonyl (C=O) groups excluding carboxylic acids is 1. The fourth-order valence-electron chi connectivity index (χ4n) is 4.17. The monoisotopic (exact) mass is 398 g/mol. The van der Waals surface area contributed by atoms with Gasteiger partial charge in [-0.1, -0.05) is 0 Å². The van der Waals surface area contributed by atoms with Crippen LogP contribution < -0.4 is 5.56 Å². The summed E-state index contributed by atoms with van der Waals surface area (Å²) in [6.07, 6.45) is 7.42. The van der Waals surface area contributed by atoms with E-state index in [2.05, 4.69) is 9.88 Å². The Balaban J connectivity index is 1.29. The number of aromatic amines is 1. The van der Waals surface area contributed by atoms with E-state index in [-0.39, 0.29) is 11.5 Å². The number of fused-ring (bicyclic) bond motifs is 3. The first-order valence-corrected chi connectivity index (χ1v) is 10.6. The van der Waals surface area contributed by atoms with Crippen LogP contribution in [-0.4, -0.2) is 51.9 Å². The highest BCUT2D eigenvalue weighted by atomic mass is 32.1. The third-order valence-corrected chi connectivity index (χ3v) is 6.86. The van der Waals surface area contributed by atoms with Crippen molar-refractivity contribution in [1.29, 1.82) is 0 Å². The van der Waals surface area contributed by atoms with Crippen molar-refractivity contribution in [3.05, 3.63) is 50.8 Å². The van der Waals surface area contributed by atoms with Crippen LogP contribution in [0.1, 0.15) is 39.5 Å². The van der Waals surface area contributed by atoms with Gasteiger partial charge in [-0.2, -0.15) is 0 Å². The Morgan fingerprint density at radius 3 is 2.82 bits per heavy atom. The highest BCUT2D eigenvalue weighted by molar-refractivity contribution is 7.18. The lowest BCUT2D eigenvalue weighted by atomic mass is 9.97. The van der Waals surface area contributed by atoms with E-state index < -0.39 is 0 Å². The number of piperazine rings is 1. The fraction of sp³-hybridized carbons (Fsp3) is 0.450. The van der Waals surface area contributed by atoms with E-state index in [1.807, 2.05) is 4.90 Å². The van der Waals surface area contributed by atoms with Crippen LogP contribution in [0.25, 0.3) is 10.2 Å². The Kier molecular flexibility index (Phi) is 4.52. The molecule has 1 aliphatic carbocycles. The van der Waals surface area contributed by atoms with Crippen molar-refractivity contribution in [3.8, 4) is 0 Å². The predicted octanol–water partition coefficient (Wildman–Crippen LogP) is 2.41. The first kappa shape index (κ1) is 17.6. The molecular formula is C20H22N4O3S. The number of carbonyl (C=O) groups is 1. The van der Waals surface area contributed by atoms with Crippen molar-refractivity contribution in [2.75, 3.05) is 26.2 Å². The molecule has 3 aromatic heterocycles. The minimum atomic E-state index is -0.00632. The second-order valence-corrected chi connectivity index (χ2v) is 8.57. The van der Waals surface area contributed by atoms with Gasteiger partial charge in [0, 0.05) is 31.1 Å². The van der Waals surface area contributed by atoms with Gasteiger partial charge in [0.1, 0.15) is 16.9 Å². The molecule has 1 aliphatic heterocycles. The maximum absolute atomic E-state index is 12.7. The van der Waals surface area contributed by atoms with Crippen molar-refractivity contribution in [1.82, 2.24) is 19.8 Å². The van der Waals surface area contributed by atoms with Crippen LogP contribution in [0.2, 0.25) is 0 Å². The smallest absolute Gasteiger partial charge is 0.259 e. The largest absolute Gasteiger partial charge is 0.472 e. The van der Waals surface area contributed by atoms with Crippen molar-refractivity contribution >= 4 is 27.5 Å². The molecule has 2 aliphatic rings. The lowest BCUT2D eigenvalue weighted by Gasteiger charge is -2.34. The number of hydrogen-bond acceptors (Lipinski definition) is 6. The zero-order valence-corrected chi connectivity index (χ0v) is 16.4. The van der Waals surface area contributed by atoms with E-state index in [1.54, 1.807) is 17.4 Å². The molecule has 0 unspecified atom stereocenters. The minimum Gasteiger partial charge on any atom is -0.472 e. The average Bonchev–Trinajstić information content (AvgIpc) is 3.36. The summed E-state index contributed by atoms with van der Waals surface area (Å²) in [5, 5.41) is 0.805. The third kappa shape index (κ3) is 3.16. The van der Waals surface area contributed by atoms with Crippen molar-refractivity contribution in [2.24, 2.45) is 0 Å². The summed E-state index contributed by atoms with van der Waals surface area (Å²) in [6.45, 7) is 3.42. The van der Waals surface area contributed by atoms with Crippen molar-refractivity contribution in [2.45, 2.75) is 32.2 Å². The Bertz CT molecular complexity index is 1060. The van der Waals surface area contributed by atoms with Gasteiger partial charge in [-0.15, -0.1) is 11.3 Å². The number of aryl methyl sites for hydroxylation is 2. The number of rotatable bonds is 3. The topological polar surface area (TPSA) is 82.4 Å². The molecule has 7 nitrogen and oxygen atoms in total. The van der Waals surface area contributed by atoms with Gasteiger partial charge in [0.2, 0.25) is 0 Å². The first-order chi connectivity index (χ1) is 13.7. The molecular weight excluding hydrogens is 376 g/mol. The number of H-pyrrole nitrogens is 1. The Morgan fingerprint density at radius 2 is 2.04 bits per heavy atom. The summed E-state index contributed by atoms with van der Waals surface area (Å²) in [5.41, 5.74) is 1.80. The maximum Gasteiger partial charge on any atom is 0.259 e. The van der Waals surface area contributed by atoms with Gasteiger partial charge in [-0.25, -0.2) is 4.98 Å². The summed E-state index contributed by atoms with van der Waals surface area (Å²) >= 11 is 1.68. The van der Waals surface area contributed by atoms with Gasteiger partial charge in [-0.05, 0) is 37.3 Å². The molecule has 0 atom stereocenters. The average molecular weight is 398 g/mol. The van der Waals surface area contributed by atoms with Crippen LogP contribution in [0.5, 0.6) is 0 Å². The number of nitrogens with zero attached hydrogens (tertiary/aromatic N) is 3. The van der Waals surface area contributed by atoms with E-state index >= 15 is 0 Å². The summed E-state index contributed by atoms with van der Waals surface area (Å²) in [4.78, 5) is 39.1. The van der Waals surface area contributed by atoms with Crippen LogP contribution in [0, 0.1) is 0 Å². The first-order valence-electron chi connectivity index (χ1n) is 9.76. The quantitative estimate of drug-likeness (QED) is 0.733. The lowest BCUT2D eigenvalue weighted by molar-refractivity contribution is 0.0625. The molecule has 28 heavy (non-hydrogen) atoms. The van der Waals surface area contributed by atoms with E-state index in [1.165, 1.54) is 29.4 Å². The SMILES string of the molecule is O=C(c1ccoc1)N1CCN(Cc2nc3sc4c(c3c(=O)[nH]2)CCCC4)CC1. The van der Waals surface area contributed by atoms with Gasteiger partial charge >= 0.3 is 0 Å². The molecule has 4 heterocycles. The van der Waals surface area contributed by atoms with Gasteiger partial charge in [-0.3, -0.25) is 14.5 Å². The van der Waals surface area contributed by atoms with Crippen molar-refractivity contribution < 1.29 is 9.21 Å². The third-order valence-electron chi connectivity index (χ3n) is 5.68. The molecule has 146 valence electrons. The van der Waals surface area contributed by atoms with Gasteiger partial charge in [0.25, 0.3) is 11.5 Å². The standard InChI is InChI=1S/C20H22N4O3S/c25-18-17-14-3-1-2-4-15(14)28-19(17)22-16(21-18)11-23-6-8-24(9-7-23)20(26)13-5-10-27-12-13/h5,10,12H,1-4,6-9,11H2,(H,21,22,25). The Hall–Kier alpha value is -2.45. The van der Waals surface area contributed by atoms with E-state index in [4.69, 9.17) is 9.40 Å². The summed E-state index contributed by atoms with van der Waals surface area (Å²) in [6, 6.07) is 1.69. The van der Waals surface area contributed by atoms with Crippen LogP contribution in [0.15, 0.2) is 27.8 Å². The predicted molar refractivity (Wildman–Crippen MR) is 107 cm³/mol. The summed E-state index contributed by atoms with van der Waals surface area (Å²) in [7, 11) is 0. The molecule has 0 spiro atoms. The normalized spacial score (nSPS) is 17.8. The molecule has 1 N–H and O–H groups in total. The summed E-state index contributed by atoms with van der Waals surface area (Å²) in [5.74, 6) is 0.719. The van der Waals surface area contributed by atoms with Gasteiger partial charge < -0.3 is 14.3 Å². The Labute approximate surface area is 166 Å². The number of amides is 1. The molecule has 3 aromatic rings. The van der Waals surface area contributed by atoms with Gasteiger partial charge in [0.05, 0.1) is 23.8 Å². The van der Waals surface area contributed by atoms with Crippen LogP contribution in [0.3, 0.4) is 0 Å². The van der Waals surface area contributed by atoms with Crippen LogP contribution in [0.4, 0.5) is 0 Å². The maximum atomic E-state index is 12.7. The molecule has 1 saturated heterocycles. The summed E-state index contributed by atoms with van der Waals surface area (Å²) < 4.78 is 5.00. The minimum absolute atomic E-state index is 0.00511. The number of thiophene rings is 1. The molecule has 1 amide bonds. The molecule has 0 saturated carbocycles. The Morgan fingerprint density at radius 1 is 1.21 bits per heavy atom. The van der Waals surface area contributed by atoms with Gasteiger partial charge in [0.15, 0.2) is 0 Å². The second-order valence-electron chi connectivity index (χ2n) is 7.48. The zero-order valence-electron chi connectivity index (χ0n) is 15.6. The molecule has 1 fully saturated rings. The molecule has 0 aromatic carbocycles. The number of aromatic nitrogens is 2. The zero-order chi connectivity index (χ0) is 19.1. The highest BCUT2D eigenvalue weighted by Gasteiger charge is 2.24. The highest BCUT2D eigenvalue weighted by Crippen LogP contribution is 2.33. The lowest BCUT2D eigenvalue weighted by Crippen LogP contribution is -2.48. The molecule has 0 radical (unpaired) electrons.